The van der Waals surface area contributed by atoms with E-state index in [1.807, 2.05) is 0 Å². The zero-order valence-corrected chi connectivity index (χ0v) is 52.7. The van der Waals surface area contributed by atoms with Gasteiger partial charge in [-0.3, -0.25) is 14.4 Å². The molecular weight excluding hydrogens is 1010 g/mol. The topological polar surface area (TPSA) is 78.9 Å². The van der Waals surface area contributed by atoms with Crippen molar-refractivity contribution in [1.82, 2.24) is 0 Å². The van der Waals surface area contributed by atoms with E-state index in [1.165, 1.54) is 70.6 Å². The average molecular weight is 1130 g/mol. The molecule has 0 rings (SSSR count). The molecule has 0 spiro atoms. The highest BCUT2D eigenvalue weighted by atomic mass is 16.6. The van der Waals surface area contributed by atoms with Gasteiger partial charge in [0.1, 0.15) is 13.2 Å². The molecule has 0 N–H and O–H groups in total. The van der Waals surface area contributed by atoms with Crippen molar-refractivity contribution in [3.63, 3.8) is 0 Å². The Morgan fingerprint density at radius 2 is 0.476 bits per heavy atom. The second kappa shape index (κ2) is 68.3. The molecule has 0 fully saturated rings. The van der Waals surface area contributed by atoms with Crippen molar-refractivity contribution in [3.8, 4) is 0 Å². The average Bonchev–Trinajstić information content (AvgIpc) is 3.47. The summed E-state index contributed by atoms with van der Waals surface area (Å²) in [5.74, 6) is -0.976. The van der Waals surface area contributed by atoms with Gasteiger partial charge in [-0.15, -0.1) is 0 Å². The lowest BCUT2D eigenvalue weighted by Crippen LogP contribution is -2.30. The van der Waals surface area contributed by atoms with Crippen LogP contribution in [0.3, 0.4) is 0 Å². The second-order valence-electron chi connectivity index (χ2n) is 21.3. The quantitative estimate of drug-likeness (QED) is 0.0261. The van der Waals surface area contributed by atoms with Gasteiger partial charge >= 0.3 is 17.9 Å². The van der Waals surface area contributed by atoms with Gasteiger partial charge in [0.05, 0.1) is 0 Å². The molecule has 1 atom stereocenters. The van der Waals surface area contributed by atoms with Crippen molar-refractivity contribution in [3.05, 3.63) is 170 Å². The van der Waals surface area contributed by atoms with Gasteiger partial charge in [0.2, 0.25) is 0 Å². The normalized spacial score (nSPS) is 13.3. The van der Waals surface area contributed by atoms with Crippen LogP contribution in [-0.2, 0) is 28.6 Å². The molecule has 0 heterocycles. The van der Waals surface area contributed by atoms with E-state index in [-0.39, 0.29) is 31.1 Å². The summed E-state index contributed by atoms with van der Waals surface area (Å²) in [6, 6.07) is 0. The van der Waals surface area contributed by atoms with Crippen LogP contribution in [0.15, 0.2) is 170 Å². The van der Waals surface area contributed by atoms with Crippen molar-refractivity contribution in [2.75, 3.05) is 13.2 Å². The molecule has 0 aromatic rings. The highest BCUT2D eigenvalue weighted by Crippen LogP contribution is 2.14. The van der Waals surface area contributed by atoms with Gasteiger partial charge in [0.25, 0.3) is 0 Å². The molecule has 6 heteroatoms. The Morgan fingerprint density at radius 1 is 0.256 bits per heavy atom. The fraction of sp³-hybridized carbons (Fsp3) is 0.592. The van der Waals surface area contributed by atoms with Gasteiger partial charge in [-0.1, -0.05) is 268 Å². The Morgan fingerprint density at radius 3 is 0.768 bits per heavy atom. The summed E-state index contributed by atoms with van der Waals surface area (Å²) in [5.41, 5.74) is 0. The zero-order chi connectivity index (χ0) is 59.2. The summed E-state index contributed by atoms with van der Waals surface area (Å²) in [5, 5.41) is 0. The van der Waals surface area contributed by atoms with Crippen LogP contribution in [0.2, 0.25) is 0 Å². The number of carbonyl (C=O) groups excluding carboxylic acids is 3. The maximum atomic E-state index is 12.9. The molecule has 0 aliphatic rings. The molecule has 0 bridgehead atoms. The SMILES string of the molecule is CC/C=C\C/C=C\C/C=C\C/C=C\C/C=C\C/C=C\C/C=C\C/C=C\CCCCCCCCC(=O)OCC(COC(=O)CCCC/C=C\C/C=C\C/C=C\C/C=C\CC)OC(=O)CCCCCCCCC/C=C\C/C=C\CCCCCC. The summed E-state index contributed by atoms with van der Waals surface area (Å²) in [7, 11) is 0. The first kappa shape index (κ1) is 76.8. The zero-order valence-electron chi connectivity index (χ0n) is 52.7. The molecule has 0 aromatic heterocycles. The number of esters is 3. The third-order valence-corrected chi connectivity index (χ3v) is 13.4. The second-order valence-corrected chi connectivity index (χ2v) is 21.3. The van der Waals surface area contributed by atoms with Crippen molar-refractivity contribution in [2.24, 2.45) is 0 Å². The molecule has 0 aromatic carbocycles. The third kappa shape index (κ3) is 65.6. The summed E-state index contributed by atoms with van der Waals surface area (Å²) in [6.07, 6.45) is 101. The minimum absolute atomic E-state index is 0.110. The molecule has 0 aliphatic heterocycles. The summed E-state index contributed by atoms with van der Waals surface area (Å²) >= 11 is 0. The highest BCUT2D eigenvalue weighted by Gasteiger charge is 2.19. The number of hydrogen-bond acceptors (Lipinski definition) is 6. The molecule has 460 valence electrons. The first-order chi connectivity index (χ1) is 40.5. The van der Waals surface area contributed by atoms with Crippen molar-refractivity contribution < 1.29 is 28.6 Å². The predicted octanol–water partition coefficient (Wildman–Crippen LogP) is 23.0. The van der Waals surface area contributed by atoms with Gasteiger partial charge in [-0.2, -0.15) is 0 Å². The molecule has 6 nitrogen and oxygen atoms in total. The molecule has 82 heavy (non-hydrogen) atoms. The maximum absolute atomic E-state index is 12.9. The molecular formula is C76H120O6. The van der Waals surface area contributed by atoms with Crippen LogP contribution in [0.25, 0.3) is 0 Å². The van der Waals surface area contributed by atoms with Crippen molar-refractivity contribution in [2.45, 2.75) is 277 Å². The summed E-state index contributed by atoms with van der Waals surface area (Å²) < 4.78 is 16.9. The Bertz CT molecular complexity index is 1870. The van der Waals surface area contributed by atoms with E-state index >= 15 is 0 Å². The summed E-state index contributed by atoms with van der Waals surface area (Å²) in [6.45, 7) is 6.34. The lowest BCUT2D eigenvalue weighted by molar-refractivity contribution is -0.167. The van der Waals surface area contributed by atoms with Gasteiger partial charge in [0, 0.05) is 19.3 Å². The lowest BCUT2D eigenvalue weighted by Gasteiger charge is -2.18. The Balaban J connectivity index is 4.43. The number of carbonyl (C=O) groups is 3. The van der Waals surface area contributed by atoms with Crippen LogP contribution < -0.4 is 0 Å². The first-order valence-corrected chi connectivity index (χ1v) is 33.1. The smallest absolute Gasteiger partial charge is 0.306 e. The first-order valence-electron chi connectivity index (χ1n) is 33.1. The van der Waals surface area contributed by atoms with Crippen LogP contribution in [0.5, 0.6) is 0 Å². The molecule has 1 unspecified atom stereocenters. The molecule has 0 radical (unpaired) electrons. The van der Waals surface area contributed by atoms with Crippen LogP contribution in [0, 0.1) is 0 Å². The van der Waals surface area contributed by atoms with E-state index in [4.69, 9.17) is 14.2 Å². The Labute approximate surface area is 504 Å². The van der Waals surface area contributed by atoms with E-state index in [0.29, 0.717) is 25.7 Å². The fourth-order valence-corrected chi connectivity index (χ4v) is 8.54. The standard InChI is InChI=1S/C76H120O6/c1-4-7-10-13-16-19-22-25-28-30-32-33-34-35-36-37-38-39-40-41-42-43-44-46-48-51-54-57-60-63-66-69-75(78)81-72-73(71-80-74(77)68-65-62-59-56-53-50-47-27-24-21-18-15-12-9-6-3)82-76(79)70-67-64-61-58-55-52-49-45-31-29-26-23-20-17-14-11-8-5-2/h7,9-10,12,16,18-21,23,25,27-29,31-33,35-36,38-39,41-42,44,46-47,53,56,73H,4-6,8,11,13-15,17,22,24,26,30,34,37,40,43,45,48-52,54-55,57-72H2,1-3H3/b10-7-,12-9-,19-16-,21-18-,23-20-,28-25-,31-29-,33-32-,36-35-,39-38-,42-41-,46-44-,47-27-,56-53-. The lowest BCUT2D eigenvalue weighted by atomic mass is 10.1. The molecule has 0 saturated carbocycles. The largest absolute Gasteiger partial charge is 0.462 e. The van der Waals surface area contributed by atoms with Crippen LogP contribution >= 0.6 is 0 Å². The summed E-state index contributed by atoms with van der Waals surface area (Å²) in [4.78, 5) is 38.3. The van der Waals surface area contributed by atoms with Crippen LogP contribution in [0.1, 0.15) is 271 Å². The predicted molar refractivity (Wildman–Crippen MR) is 357 cm³/mol. The van der Waals surface area contributed by atoms with Crippen LogP contribution in [0.4, 0.5) is 0 Å². The van der Waals surface area contributed by atoms with Gasteiger partial charge in [-0.25, -0.2) is 0 Å². The van der Waals surface area contributed by atoms with Crippen molar-refractivity contribution in [1.29, 1.82) is 0 Å². The monoisotopic (exact) mass is 1130 g/mol. The molecule has 0 aliphatic carbocycles. The van der Waals surface area contributed by atoms with E-state index in [2.05, 4.69) is 191 Å². The molecule has 0 saturated heterocycles. The van der Waals surface area contributed by atoms with Crippen molar-refractivity contribution >= 4 is 17.9 Å². The van der Waals surface area contributed by atoms with E-state index in [0.717, 1.165) is 154 Å². The number of rotatable bonds is 58. The van der Waals surface area contributed by atoms with Gasteiger partial charge in [0.15, 0.2) is 6.10 Å². The fourth-order valence-electron chi connectivity index (χ4n) is 8.54. The van der Waals surface area contributed by atoms with Crippen LogP contribution in [-0.4, -0.2) is 37.2 Å². The number of unbranched alkanes of at least 4 members (excludes halogenated alkanes) is 19. The Hall–Kier alpha value is -5.23. The van der Waals surface area contributed by atoms with E-state index in [1.54, 1.807) is 0 Å². The highest BCUT2D eigenvalue weighted by molar-refractivity contribution is 5.71. The number of ether oxygens (including phenoxy) is 3. The molecule has 0 amide bonds. The minimum Gasteiger partial charge on any atom is -0.462 e. The van der Waals surface area contributed by atoms with E-state index < -0.39 is 6.10 Å². The minimum atomic E-state index is -0.816. The van der Waals surface area contributed by atoms with Gasteiger partial charge in [-0.05, 0) is 154 Å². The van der Waals surface area contributed by atoms with Gasteiger partial charge < -0.3 is 14.2 Å². The third-order valence-electron chi connectivity index (χ3n) is 13.4. The number of hydrogen-bond donors (Lipinski definition) is 0. The number of allylic oxidation sites excluding steroid dienone is 28. The van der Waals surface area contributed by atoms with E-state index in [9.17, 15) is 14.4 Å². The Kier molecular flexibility index (Phi) is 63.9. The maximum Gasteiger partial charge on any atom is 0.306 e.